The monoisotopic (exact) mass is 1130 g/mol. The molecule has 0 heterocycles. The number of rotatable bonds is 35. The van der Waals surface area contributed by atoms with Crippen molar-refractivity contribution in [3.8, 4) is 5.75 Å². The average molecular weight is 1130 g/mol. The Hall–Kier alpha value is -8.69. The molecule has 28 heteroatoms. The van der Waals surface area contributed by atoms with Crippen molar-refractivity contribution in [2.45, 2.75) is 154 Å². The molecule has 0 unspecified atom stereocenters. The number of aliphatic hydroxyl groups is 1. The van der Waals surface area contributed by atoms with Crippen LogP contribution in [0.5, 0.6) is 5.75 Å². The normalized spacial score (nSPS) is 14.4. The van der Waals surface area contributed by atoms with Gasteiger partial charge in [-0.2, -0.15) is 0 Å². The first-order valence-electron chi connectivity index (χ1n) is 25.6. The van der Waals surface area contributed by atoms with E-state index in [1.54, 1.807) is 58.0 Å². The smallest absolute Gasteiger partial charge is 0.305 e. The fraction of sp³-hybridized carbons (Fsp3) is 0.519. The van der Waals surface area contributed by atoms with Gasteiger partial charge < -0.3 is 79.1 Å². The third-order valence-electron chi connectivity index (χ3n) is 11.8. The number of amides is 10. The van der Waals surface area contributed by atoms with Crippen LogP contribution in [0.25, 0.3) is 0 Å². The molecule has 2 rings (SSSR count). The minimum Gasteiger partial charge on any atom is -0.508 e. The average Bonchev–Trinajstić information content (AvgIpc) is 3.36. The summed E-state index contributed by atoms with van der Waals surface area (Å²) in [5, 5.41) is 70.3. The molecule has 0 spiro atoms. The van der Waals surface area contributed by atoms with Crippen LogP contribution in [0, 0.1) is 11.8 Å². The Balaban J connectivity index is 2.40. The Morgan fingerprint density at radius 3 is 1.35 bits per heavy atom. The first-order valence-corrected chi connectivity index (χ1v) is 25.6. The molecule has 0 bridgehead atoms. The predicted molar refractivity (Wildman–Crippen MR) is 282 cm³/mol. The van der Waals surface area contributed by atoms with Crippen molar-refractivity contribution < 1.29 is 87.9 Å². The zero-order chi connectivity index (χ0) is 60.4. The molecule has 440 valence electrons. The van der Waals surface area contributed by atoms with Gasteiger partial charge in [0.05, 0.1) is 19.1 Å². The Bertz CT molecular complexity index is 2510. The lowest BCUT2D eigenvalue weighted by molar-refractivity contribution is -0.142. The van der Waals surface area contributed by atoms with Crippen molar-refractivity contribution in [2.24, 2.45) is 17.6 Å². The number of benzene rings is 2. The molecular weight excluding hydrogens is 1050 g/mol. The number of phenolic OH excluding ortho intramolecular Hbond substituents is 1. The van der Waals surface area contributed by atoms with E-state index in [9.17, 15) is 87.9 Å². The highest BCUT2D eigenvalue weighted by Gasteiger charge is 2.36. The molecule has 0 aliphatic heterocycles. The standard InChI is InChI=1S/C52H74N10O18/c1-26(2)20-35(45(53)73)58-49(77)37(22-30-10-8-7-9-11-30)59-46(74)33(16-18-41(67)68)56-40(66)25-54-52(80)44(28(5)63)62-51(79)38(23-31-12-14-32(65)15-13-31)60-47(75)34(17-19-42(69)70)57-50(78)39(24-43(71)72)61-48(76)36(21-27(3)4)55-29(6)64/h7-15,26-28,33-39,44,63,65H,16-25H2,1-6H3,(H2,53,73)(H,54,80)(H,55,64)(H,56,66)(H,57,78)(H,58,77)(H,59,74)(H,60,75)(H,61,76)(H,62,79)(H,67,68)(H,69,70)(H,71,72)/t28-,33+,34+,35+,36+,37+,38+,39+,44+/m1/s1. The van der Waals surface area contributed by atoms with Crippen LogP contribution in [0.15, 0.2) is 54.6 Å². The lowest BCUT2D eigenvalue weighted by atomic mass is 10.0. The number of hydrogen-bond donors (Lipinski definition) is 15. The van der Waals surface area contributed by atoms with Gasteiger partial charge in [0.15, 0.2) is 0 Å². The van der Waals surface area contributed by atoms with E-state index in [2.05, 4.69) is 47.9 Å². The third kappa shape index (κ3) is 25.6. The second-order valence-electron chi connectivity index (χ2n) is 19.8. The Morgan fingerprint density at radius 1 is 0.475 bits per heavy atom. The molecule has 16 N–H and O–H groups in total. The molecular formula is C52H74N10O18. The van der Waals surface area contributed by atoms with E-state index in [1.165, 1.54) is 24.3 Å². The van der Waals surface area contributed by atoms with Gasteiger partial charge in [-0.25, -0.2) is 0 Å². The zero-order valence-electron chi connectivity index (χ0n) is 45.2. The van der Waals surface area contributed by atoms with E-state index in [4.69, 9.17) is 5.73 Å². The van der Waals surface area contributed by atoms with Gasteiger partial charge in [0, 0.05) is 32.6 Å². The number of nitrogens with two attached hydrogens (primary N) is 1. The van der Waals surface area contributed by atoms with Crippen LogP contribution in [0.1, 0.15) is 97.6 Å². The van der Waals surface area contributed by atoms with Crippen molar-refractivity contribution in [1.29, 1.82) is 0 Å². The van der Waals surface area contributed by atoms with E-state index in [0.29, 0.717) is 5.56 Å². The van der Waals surface area contributed by atoms with Gasteiger partial charge in [-0.15, -0.1) is 0 Å². The molecule has 0 aromatic heterocycles. The van der Waals surface area contributed by atoms with Crippen LogP contribution in [-0.2, 0) is 75.2 Å². The number of carboxylic acids is 3. The highest BCUT2D eigenvalue weighted by molar-refractivity contribution is 5.99. The van der Waals surface area contributed by atoms with Crippen molar-refractivity contribution in [2.75, 3.05) is 6.54 Å². The third-order valence-corrected chi connectivity index (χ3v) is 11.8. The largest absolute Gasteiger partial charge is 0.508 e. The first kappa shape index (κ1) is 67.4. The van der Waals surface area contributed by atoms with Gasteiger partial charge in [0.1, 0.15) is 54.1 Å². The summed E-state index contributed by atoms with van der Waals surface area (Å²) in [6, 6.07) is 0.843. The molecule has 2 aromatic rings. The summed E-state index contributed by atoms with van der Waals surface area (Å²) in [5.41, 5.74) is 6.38. The van der Waals surface area contributed by atoms with E-state index >= 15 is 0 Å². The summed E-state index contributed by atoms with van der Waals surface area (Å²) in [5.74, 6) is -15.0. The number of nitrogens with one attached hydrogen (secondary N) is 9. The van der Waals surface area contributed by atoms with Crippen LogP contribution in [0.2, 0.25) is 0 Å². The lowest BCUT2D eigenvalue weighted by Crippen LogP contribution is -2.61. The quantitative estimate of drug-likeness (QED) is 0.0335. The maximum atomic E-state index is 14.1. The van der Waals surface area contributed by atoms with Crippen molar-refractivity contribution in [3.63, 3.8) is 0 Å². The second kappa shape index (κ2) is 33.6. The summed E-state index contributed by atoms with van der Waals surface area (Å²) in [4.78, 5) is 169. The van der Waals surface area contributed by atoms with Crippen LogP contribution in [0.3, 0.4) is 0 Å². The molecule has 0 saturated carbocycles. The summed E-state index contributed by atoms with van der Waals surface area (Å²) in [7, 11) is 0. The van der Waals surface area contributed by atoms with Crippen LogP contribution >= 0.6 is 0 Å². The summed E-state index contributed by atoms with van der Waals surface area (Å²) < 4.78 is 0. The maximum absolute atomic E-state index is 14.1. The molecule has 2 aromatic carbocycles. The Kier molecular flexibility index (Phi) is 28.3. The van der Waals surface area contributed by atoms with Gasteiger partial charge >= 0.3 is 17.9 Å². The second-order valence-corrected chi connectivity index (χ2v) is 19.8. The van der Waals surface area contributed by atoms with Crippen molar-refractivity contribution >= 4 is 77.0 Å². The molecule has 0 radical (unpaired) electrons. The fourth-order valence-corrected chi connectivity index (χ4v) is 7.80. The van der Waals surface area contributed by atoms with E-state index in [-0.39, 0.29) is 42.4 Å². The van der Waals surface area contributed by atoms with Gasteiger partial charge in [-0.3, -0.25) is 62.3 Å². The van der Waals surface area contributed by atoms with Gasteiger partial charge in [-0.1, -0.05) is 70.2 Å². The highest BCUT2D eigenvalue weighted by Crippen LogP contribution is 2.14. The fourth-order valence-electron chi connectivity index (χ4n) is 7.80. The maximum Gasteiger partial charge on any atom is 0.305 e. The number of aliphatic carboxylic acids is 3. The number of primary amides is 1. The topological polar surface area (TPSA) is 457 Å². The lowest BCUT2D eigenvalue weighted by Gasteiger charge is -2.27. The summed E-state index contributed by atoms with van der Waals surface area (Å²) in [6.45, 7) is 8.30. The molecule has 0 aliphatic carbocycles. The van der Waals surface area contributed by atoms with Crippen LogP contribution in [-0.4, -0.2) is 163 Å². The van der Waals surface area contributed by atoms with Gasteiger partial charge in [0.2, 0.25) is 59.1 Å². The van der Waals surface area contributed by atoms with Gasteiger partial charge in [-0.05, 0) is 67.7 Å². The number of aromatic hydroxyl groups is 1. The summed E-state index contributed by atoms with van der Waals surface area (Å²) in [6.07, 6.45) is -5.68. The Morgan fingerprint density at radius 2 is 0.887 bits per heavy atom. The highest BCUT2D eigenvalue weighted by atomic mass is 16.4. The van der Waals surface area contributed by atoms with Crippen LogP contribution < -0.4 is 53.6 Å². The molecule has 9 atom stereocenters. The molecule has 10 amide bonds. The predicted octanol–water partition coefficient (Wildman–Crippen LogP) is -2.65. The number of carbonyl (C=O) groups is 13. The number of carbonyl (C=O) groups excluding carboxylic acids is 10. The molecule has 0 aliphatic rings. The van der Waals surface area contributed by atoms with Crippen LogP contribution in [0.4, 0.5) is 0 Å². The van der Waals surface area contributed by atoms with E-state index in [0.717, 1.165) is 13.8 Å². The number of hydrogen-bond acceptors (Lipinski definition) is 15. The SMILES string of the molecule is CC(=O)N[C@@H](CC(C)C)C(=O)N[C@@H](CC(=O)O)C(=O)N[C@@H](CCC(=O)O)C(=O)N[C@@H](Cc1ccc(O)cc1)C(=O)N[C@H](C(=O)NCC(=O)N[C@@H](CCC(=O)O)C(=O)N[C@@H](Cc1ccccc1)C(=O)N[C@@H](CC(C)C)C(N)=O)[C@@H](C)O. The zero-order valence-corrected chi connectivity index (χ0v) is 45.2. The van der Waals surface area contributed by atoms with Crippen molar-refractivity contribution in [3.05, 3.63) is 65.7 Å². The number of aliphatic hydroxyl groups excluding tert-OH is 1. The molecule has 28 nitrogen and oxygen atoms in total. The first-order chi connectivity index (χ1) is 37.4. The van der Waals surface area contributed by atoms with Gasteiger partial charge in [0.25, 0.3) is 0 Å². The van der Waals surface area contributed by atoms with E-state index < -0.39 is 176 Å². The number of phenols is 1. The number of carboxylic acid groups (broad SMARTS) is 3. The Labute approximate surface area is 460 Å². The van der Waals surface area contributed by atoms with Crippen molar-refractivity contribution in [1.82, 2.24) is 47.9 Å². The minimum absolute atomic E-state index is 0.0764. The van der Waals surface area contributed by atoms with E-state index in [1.807, 2.05) is 0 Å². The minimum atomic E-state index is -1.90. The summed E-state index contributed by atoms with van der Waals surface area (Å²) >= 11 is 0. The molecule has 0 saturated heterocycles. The molecule has 80 heavy (non-hydrogen) atoms. The molecule has 0 fully saturated rings.